The molecule has 0 spiro atoms. The molecule has 0 bridgehead atoms. The van der Waals surface area contributed by atoms with Gasteiger partial charge in [0, 0.05) is 0 Å². The molecule has 3 heteroatoms. The average molecular weight is 215 g/mol. The molecule has 1 unspecified atom stereocenters. The zero-order chi connectivity index (χ0) is 11.5. The van der Waals surface area contributed by atoms with Crippen LogP contribution in [0.5, 0.6) is 5.75 Å². The van der Waals surface area contributed by atoms with E-state index in [1.54, 1.807) is 6.92 Å². The van der Waals surface area contributed by atoms with Crippen LogP contribution in [0.3, 0.4) is 0 Å². The van der Waals surface area contributed by atoms with Gasteiger partial charge < -0.3 is 10.5 Å². The van der Waals surface area contributed by atoms with E-state index in [1.165, 1.54) is 0 Å². The molecule has 0 saturated carbocycles. The van der Waals surface area contributed by atoms with E-state index in [1.807, 2.05) is 42.5 Å². The predicted molar refractivity (Wildman–Crippen MR) is 63.2 cm³/mol. The summed E-state index contributed by atoms with van der Waals surface area (Å²) in [5, 5.41) is 2.22. The number of hydrogen-bond acceptors (Lipinski definition) is 2. The first-order valence-corrected chi connectivity index (χ1v) is 5.11. The van der Waals surface area contributed by atoms with Crippen molar-refractivity contribution in [3.05, 3.63) is 42.5 Å². The third-order valence-corrected chi connectivity index (χ3v) is 2.43. The molecule has 0 aliphatic heterocycles. The smallest absolute Gasteiger partial charge is 0.258 e. The summed E-state index contributed by atoms with van der Waals surface area (Å²) in [6, 6.07) is 13.7. The van der Waals surface area contributed by atoms with Gasteiger partial charge in [0.1, 0.15) is 5.75 Å². The summed E-state index contributed by atoms with van der Waals surface area (Å²) in [7, 11) is 0. The maximum absolute atomic E-state index is 10.9. The lowest BCUT2D eigenvalue weighted by atomic mass is 10.1. The lowest BCUT2D eigenvalue weighted by molar-refractivity contribution is -0.123. The van der Waals surface area contributed by atoms with E-state index in [-0.39, 0.29) is 0 Å². The van der Waals surface area contributed by atoms with E-state index < -0.39 is 12.0 Å². The van der Waals surface area contributed by atoms with Gasteiger partial charge in [0.05, 0.1) is 0 Å². The zero-order valence-electron chi connectivity index (χ0n) is 9.01. The van der Waals surface area contributed by atoms with Gasteiger partial charge in [0.2, 0.25) is 0 Å². The van der Waals surface area contributed by atoms with Crippen LogP contribution in [-0.2, 0) is 4.79 Å². The summed E-state index contributed by atoms with van der Waals surface area (Å²) >= 11 is 0. The number of carbonyl (C=O) groups excluding carboxylic acids is 1. The SMILES string of the molecule is CC(Oc1ccc2ccccc2c1)C(N)=O. The van der Waals surface area contributed by atoms with Crippen LogP contribution in [0.1, 0.15) is 6.92 Å². The van der Waals surface area contributed by atoms with E-state index >= 15 is 0 Å². The van der Waals surface area contributed by atoms with Gasteiger partial charge in [-0.25, -0.2) is 0 Å². The van der Waals surface area contributed by atoms with Crippen LogP contribution in [0.2, 0.25) is 0 Å². The first-order chi connectivity index (χ1) is 7.66. The van der Waals surface area contributed by atoms with E-state index in [9.17, 15) is 4.79 Å². The van der Waals surface area contributed by atoms with Gasteiger partial charge in [-0.3, -0.25) is 4.79 Å². The molecule has 1 atom stereocenters. The Labute approximate surface area is 93.8 Å². The quantitative estimate of drug-likeness (QED) is 0.852. The summed E-state index contributed by atoms with van der Waals surface area (Å²) < 4.78 is 5.41. The number of hydrogen-bond donors (Lipinski definition) is 1. The van der Waals surface area contributed by atoms with Crippen LogP contribution in [-0.4, -0.2) is 12.0 Å². The molecule has 0 radical (unpaired) electrons. The number of primary amides is 1. The molecule has 2 aromatic rings. The third-order valence-electron chi connectivity index (χ3n) is 2.43. The van der Waals surface area contributed by atoms with Crippen molar-refractivity contribution in [2.24, 2.45) is 5.73 Å². The normalized spacial score (nSPS) is 12.3. The number of benzene rings is 2. The van der Waals surface area contributed by atoms with E-state index in [2.05, 4.69) is 0 Å². The summed E-state index contributed by atoms with van der Waals surface area (Å²) in [5.74, 6) is 0.193. The molecule has 0 aromatic heterocycles. The molecule has 2 aromatic carbocycles. The molecule has 0 aliphatic carbocycles. The van der Waals surface area contributed by atoms with Gasteiger partial charge in [-0.2, -0.15) is 0 Å². The van der Waals surface area contributed by atoms with E-state index in [0.29, 0.717) is 5.75 Å². The second-order valence-corrected chi connectivity index (χ2v) is 3.67. The molecule has 2 rings (SSSR count). The molecule has 1 amide bonds. The molecule has 0 saturated heterocycles. The largest absolute Gasteiger partial charge is 0.481 e. The molecule has 82 valence electrons. The minimum absolute atomic E-state index is 0.465. The highest BCUT2D eigenvalue weighted by Gasteiger charge is 2.09. The van der Waals surface area contributed by atoms with Crippen LogP contribution in [0.15, 0.2) is 42.5 Å². The summed E-state index contributed by atoms with van der Waals surface area (Å²) in [4.78, 5) is 10.9. The monoisotopic (exact) mass is 215 g/mol. The third kappa shape index (κ3) is 2.14. The van der Waals surface area contributed by atoms with Crippen molar-refractivity contribution >= 4 is 16.7 Å². The average Bonchev–Trinajstić information content (AvgIpc) is 2.28. The molecule has 3 nitrogen and oxygen atoms in total. The lowest BCUT2D eigenvalue weighted by Gasteiger charge is -2.11. The van der Waals surface area contributed by atoms with E-state index in [4.69, 9.17) is 10.5 Å². The van der Waals surface area contributed by atoms with Gasteiger partial charge >= 0.3 is 0 Å². The van der Waals surface area contributed by atoms with Crippen LogP contribution < -0.4 is 10.5 Å². The van der Waals surface area contributed by atoms with Gasteiger partial charge in [0.15, 0.2) is 6.10 Å². The highest BCUT2D eigenvalue weighted by molar-refractivity contribution is 5.84. The Kier molecular flexibility index (Phi) is 2.77. The van der Waals surface area contributed by atoms with Crippen molar-refractivity contribution < 1.29 is 9.53 Å². The predicted octanol–water partition coefficient (Wildman–Crippen LogP) is 2.09. The molecule has 0 heterocycles. The fourth-order valence-corrected chi connectivity index (χ4v) is 1.50. The number of ether oxygens (including phenoxy) is 1. The van der Waals surface area contributed by atoms with Gasteiger partial charge in [0.25, 0.3) is 5.91 Å². The number of carbonyl (C=O) groups is 1. The first-order valence-electron chi connectivity index (χ1n) is 5.11. The van der Waals surface area contributed by atoms with Crippen molar-refractivity contribution in [2.45, 2.75) is 13.0 Å². The second kappa shape index (κ2) is 4.23. The Morgan fingerprint density at radius 2 is 1.88 bits per heavy atom. The molecular formula is C13H13NO2. The van der Waals surface area contributed by atoms with Crippen molar-refractivity contribution in [1.29, 1.82) is 0 Å². The fourth-order valence-electron chi connectivity index (χ4n) is 1.50. The van der Waals surface area contributed by atoms with Crippen LogP contribution in [0.4, 0.5) is 0 Å². The standard InChI is InChI=1S/C13H13NO2/c1-9(13(14)15)16-12-7-6-10-4-2-3-5-11(10)8-12/h2-9H,1H3,(H2,14,15). The van der Waals surface area contributed by atoms with Gasteiger partial charge in [-0.05, 0) is 29.8 Å². The topological polar surface area (TPSA) is 52.3 Å². The minimum Gasteiger partial charge on any atom is -0.481 e. The molecule has 0 fully saturated rings. The Hall–Kier alpha value is -2.03. The summed E-state index contributed by atoms with van der Waals surface area (Å²) in [6.45, 7) is 1.64. The number of amides is 1. The van der Waals surface area contributed by atoms with Crippen molar-refractivity contribution in [2.75, 3.05) is 0 Å². The number of nitrogens with two attached hydrogens (primary N) is 1. The maximum Gasteiger partial charge on any atom is 0.258 e. The summed E-state index contributed by atoms with van der Waals surface area (Å²) in [6.07, 6.45) is -0.610. The lowest BCUT2D eigenvalue weighted by Crippen LogP contribution is -2.30. The summed E-state index contributed by atoms with van der Waals surface area (Å²) in [5.41, 5.74) is 5.13. The Balaban J connectivity index is 2.29. The molecule has 0 aliphatic rings. The maximum atomic E-state index is 10.9. The fraction of sp³-hybridized carbons (Fsp3) is 0.154. The number of rotatable bonds is 3. The van der Waals surface area contributed by atoms with Crippen LogP contribution in [0.25, 0.3) is 10.8 Å². The molecule has 16 heavy (non-hydrogen) atoms. The van der Waals surface area contributed by atoms with E-state index in [0.717, 1.165) is 10.8 Å². The second-order valence-electron chi connectivity index (χ2n) is 3.67. The number of fused-ring (bicyclic) bond motifs is 1. The highest BCUT2D eigenvalue weighted by Crippen LogP contribution is 2.21. The Morgan fingerprint density at radius 1 is 1.19 bits per heavy atom. The Morgan fingerprint density at radius 3 is 2.56 bits per heavy atom. The van der Waals surface area contributed by atoms with Crippen LogP contribution in [0, 0.1) is 0 Å². The van der Waals surface area contributed by atoms with Gasteiger partial charge in [-0.1, -0.05) is 30.3 Å². The van der Waals surface area contributed by atoms with Gasteiger partial charge in [-0.15, -0.1) is 0 Å². The molecule has 2 N–H and O–H groups in total. The Bertz CT molecular complexity index is 522. The zero-order valence-corrected chi connectivity index (χ0v) is 9.01. The van der Waals surface area contributed by atoms with Crippen molar-refractivity contribution in [1.82, 2.24) is 0 Å². The molecular weight excluding hydrogens is 202 g/mol. The van der Waals surface area contributed by atoms with Crippen molar-refractivity contribution in [3.63, 3.8) is 0 Å². The first kappa shape index (κ1) is 10.5. The van der Waals surface area contributed by atoms with Crippen LogP contribution >= 0.6 is 0 Å². The minimum atomic E-state index is -0.610. The highest BCUT2D eigenvalue weighted by atomic mass is 16.5. The van der Waals surface area contributed by atoms with Crippen molar-refractivity contribution in [3.8, 4) is 5.75 Å².